The van der Waals surface area contributed by atoms with Gasteiger partial charge in [-0.05, 0) is 24.3 Å². The van der Waals surface area contributed by atoms with Gasteiger partial charge in [-0.3, -0.25) is 4.79 Å². The average molecular weight is 325 g/mol. The summed E-state index contributed by atoms with van der Waals surface area (Å²) < 4.78 is 33.1. The molecule has 1 amide bonds. The summed E-state index contributed by atoms with van der Waals surface area (Å²) >= 11 is 0. The number of hydrogen-bond donors (Lipinski definition) is 1. The number of hydrogen-bond acceptors (Lipinski definition) is 7. The van der Waals surface area contributed by atoms with Crippen molar-refractivity contribution in [1.29, 1.82) is 0 Å². The van der Waals surface area contributed by atoms with Gasteiger partial charge in [0.15, 0.2) is 0 Å². The molecule has 0 spiro atoms. The van der Waals surface area contributed by atoms with Crippen LogP contribution in [0, 0.1) is 0 Å². The molecule has 22 heavy (non-hydrogen) atoms. The highest BCUT2D eigenvalue weighted by atomic mass is 32.2. The molecule has 1 aromatic heterocycles. The Morgan fingerprint density at radius 1 is 1.27 bits per heavy atom. The predicted octanol–water partition coefficient (Wildman–Crippen LogP) is 0.655. The Morgan fingerprint density at radius 2 is 1.95 bits per heavy atom. The molecule has 0 aliphatic heterocycles. The first-order valence-electron chi connectivity index (χ1n) is 6.37. The van der Waals surface area contributed by atoms with Crippen LogP contribution in [0.4, 0.5) is 0 Å². The highest BCUT2D eigenvalue weighted by Gasteiger charge is 2.17. The van der Waals surface area contributed by atoms with Crippen molar-refractivity contribution in [2.45, 2.75) is 12.1 Å². The molecule has 0 saturated carbocycles. The number of carbonyl (C=O) groups excluding carboxylic acids is 1. The average Bonchev–Trinajstić information content (AvgIpc) is 2.94. The van der Waals surface area contributed by atoms with E-state index in [1.165, 1.54) is 6.92 Å². The van der Waals surface area contributed by atoms with E-state index in [9.17, 15) is 13.2 Å². The molecular weight excluding hydrogens is 310 g/mol. The molecule has 9 heteroatoms. The lowest BCUT2D eigenvalue weighted by molar-refractivity contribution is -0.119. The first-order valence-corrected chi connectivity index (χ1v) is 8.26. The number of benzene rings is 1. The summed E-state index contributed by atoms with van der Waals surface area (Å²) in [5, 5.41) is 9.38. The van der Waals surface area contributed by atoms with Gasteiger partial charge in [-0.15, -0.1) is 5.10 Å². The second kappa shape index (κ2) is 6.56. The van der Waals surface area contributed by atoms with Crippen molar-refractivity contribution in [3.05, 3.63) is 24.3 Å². The van der Waals surface area contributed by atoms with Gasteiger partial charge >= 0.3 is 5.22 Å². The normalized spacial score (nSPS) is 11.2. The van der Waals surface area contributed by atoms with Crippen LogP contribution in [-0.2, 0) is 14.6 Å². The monoisotopic (exact) mass is 325 g/mol. The first-order chi connectivity index (χ1) is 10.4. The van der Waals surface area contributed by atoms with Crippen molar-refractivity contribution < 1.29 is 22.4 Å². The summed E-state index contributed by atoms with van der Waals surface area (Å²) in [6.07, 6.45) is 0.996. The van der Waals surface area contributed by atoms with E-state index in [4.69, 9.17) is 9.15 Å². The van der Waals surface area contributed by atoms with Gasteiger partial charge < -0.3 is 14.5 Å². The number of nitrogens with one attached hydrogen (secondary N) is 1. The van der Waals surface area contributed by atoms with Crippen LogP contribution in [-0.4, -0.2) is 43.9 Å². The number of rotatable bonds is 6. The van der Waals surface area contributed by atoms with Crippen LogP contribution >= 0.6 is 0 Å². The molecule has 2 rings (SSSR count). The molecule has 118 valence electrons. The third-order valence-electron chi connectivity index (χ3n) is 2.57. The highest BCUT2D eigenvalue weighted by molar-refractivity contribution is 7.90. The number of ether oxygens (including phenoxy) is 1. The van der Waals surface area contributed by atoms with Gasteiger partial charge in [-0.2, -0.15) is 0 Å². The fraction of sp³-hybridized carbons (Fsp3) is 0.308. The van der Waals surface area contributed by atoms with Crippen LogP contribution in [0.5, 0.6) is 5.75 Å². The SMILES string of the molecule is CC(=O)NCCOc1ccc(-c2nnc(S(C)(=O)=O)o2)cc1. The topological polar surface area (TPSA) is 111 Å². The molecule has 8 nitrogen and oxygen atoms in total. The Bertz CT molecular complexity index is 752. The lowest BCUT2D eigenvalue weighted by Crippen LogP contribution is -2.25. The van der Waals surface area contributed by atoms with Gasteiger partial charge in [0.1, 0.15) is 12.4 Å². The summed E-state index contributed by atoms with van der Waals surface area (Å²) in [6.45, 7) is 2.19. The zero-order valence-corrected chi connectivity index (χ0v) is 12.9. The summed E-state index contributed by atoms with van der Waals surface area (Å²) in [5.74, 6) is 0.610. The molecule has 0 fully saturated rings. The van der Waals surface area contributed by atoms with Gasteiger partial charge in [0.25, 0.3) is 0 Å². The van der Waals surface area contributed by atoms with Gasteiger partial charge in [0.05, 0.1) is 6.54 Å². The van der Waals surface area contributed by atoms with E-state index in [0.29, 0.717) is 24.5 Å². The lowest BCUT2D eigenvalue weighted by atomic mass is 10.2. The van der Waals surface area contributed by atoms with Crippen LogP contribution in [0.2, 0.25) is 0 Å². The van der Waals surface area contributed by atoms with Crippen molar-refractivity contribution in [1.82, 2.24) is 15.5 Å². The largest absolute Gasteiger partial charge is 0.492 e. The van der Waals surface area contributed by atoms with Gasteiger partial charge in [0, 0.05) is 18.7 Å². The van der Waals surface area contributed by atoms with Crippen molar-refractivity contribution >= 4 is 15.7 Å². The summed E-state index contributed by atoms with van der Waals surface area (Å²) in [5.41, 5.74) is 0.580. The molecule has 0 atom stereocenters. The highest BCUT2D eigenvalue weighted by Crippen LogP contribution is 2.22. The third-order valence-corrected chi connectivity index (χ3v) is 3.37. The fourth-order valence-corrected chi connectivity index (χ4v) is 1.99. The Balaban J connectivity index is 2.00. The number of sulfone groups is 1. The number of nitrogens with zero attached hydrogens (tertiary/aromatic N) is 2. The van der Waals surface area contributed by atoms with E-state index >= 15 is 0 Å². The fourth-order valence-electron chi connectivity index (χ4n) is 1.57. The standard InChI is InChI=1S/C13H15N3O5S/c1-9(17)14-7-8-20-11-5-3-10(4-6-11)12-15-16-13(21-12)22(2,18)19/h3-6H,7-8H2,1-2H3,(H,14,17). The quantitative estimate of drug-likeness (QED) is 0.776. The molecule has 0 bridgehead atoms. The van der Waals surface area contributed by atoms with Gasteiger partial charge in [-0.25, -0.2) is 8.42 Å². The second-order valence-electron chi connectivity index (χ2n) is 4.50. The molecule has 1 aromatic carbocycles. The number of amides is 1. The Morgan fingerprint density at radius 3 is 2.50 bits per heavy atom. The molecular formula is C13H15N3O5S. The minimum atomic E-state index is -3.52. The molecule has 0 aliphatic rings. The van der Waals surface area contributed by atoms with Crippen molar-refractivity contribution in [3.8, 4) is 17.2 Å². The van der Waals surface area contributed by atoms with E-state index in [2.05, 4.69) is 15.5 Å². The Labute approximate surface area is 127 Å². The molecule has 0 radical (unpaired) electrons. The van der Waals surface area contributed by atoms with E-state index in [1.807, 2.05) is 0 Å². The van der Waals surface area contributed by atoms with Gasteiger partial charge in [0.2, 0.25) is 21.6 Å². The lowest BCUT2D eigenvalue weighted by Gasteiger charge is -2.06. The summed E-state index contributed by atoms with van der Waals surface area (Å²) in [6, 6.07) is 6.72. The van der Waals surface area contributed by atoms with Gasteiger partial charge in [-0.1, -0.05) is 5.10 Å². The molecule has 1 N–H and O–H groups in total. The van der Waals surface area contributed by atoms with Crippen LogP contribution in [0.1, 0.15) is 6.92 Å². The zero-order valence-electron chi connectivity index (χ0n) is 12.1. The number of carbonyl (C=O) groups is 1. The smallest absolute Gasteiger partial charge is 0.335 e. The van der Waals surface area contributed by atoms with Crippen LogP contribution in [0.15, 0.2) is 33.9 Å². The maximum Gasteiger partial charge on any atom is 0.335 e. The van der Waals surface area contributed by atoms with E-state index < -0.39 is 15.1 Å². The van der Waals surface area contributed by atoms with E-state index in [1.54, 1.807) is 24.3 Å². The maximum atomic E-state index is 11.3. The Kier molecular flexibility index (Phi) is 4.76. The maximum absolute atomic E-state index is 11.3. The van der Waals surface area contributed by atoms with Crippen molar-refractivity contribution in [2.75, 3.05) is 19.4 Å². The Hall–Kier alpha value is -2.42. The van der Waals surface area contributed by atoms with Crippen LogP contribution < -0.4 is 10.1 Å². The number of aromatic nitrogens is 2. The summed E-state index contributed by atoms with van der Waals surface area (Å²) in [7, 11) is -3.52. The molecule has 0 saturated heterocycles. The second-order valence-corrected chi connectivity index (χ2v) is 6.39. The first kappa shape index (κ1) is 16.0. The molecule has 0 unspecified atom stereocenters. The minimum Gasteiger partial charge on any atom is -0.492 e. The molecule has 2 aromatic rings. The molecule has 0 aliphatic carbocycles. The van der Waals surface area contributed by atoms with E-state index in [-0.39, 0.29) is 11.8 Å². The summed E-state index contributed by atoms with van der Waals surface area (Å²) in [4.78, 5) is 10.7. The van der Waals surface area contributed by atoms with Crippen molar-refractivity contribution in [2.24, 2.45) is 0 Å². The van der Waals surface area contributed by atoms with Crippen LogP contribution in [0.25, 0.3) is 11.5 Å². The third kappa shape index (κ3) is 4.29. The van der Waals surface area contributed by atoms with Crippen LogP contribution in [0.3, 0.4) is 0 Å². The predicted molar refractivity (Wildman–Crippen MR) is 77.0 cm³/mol. The van der Waals surface area contributed by atoms with E-state index in [0.717, 1.165) is 6.26 Å². The minimum absolute atomic E-state index is 0.114. The van der Waals surface area contributed by atoms with Crippen molar-refractivity contribution in [3.63, 3.8) is 0 Å². The molecule has 1 heterocycles. The zero-order chi connectivity index (χ0) is 16.2.